The average molecular weight is 297 g/mol. The number of halogens is 1. The number of benzene rings is 1. The Bertz CT molecular complexity index is 374. The van der Waals surface area contributed by atoms with Gasteiger partial charge in [0.05, 0.1) is 0 Å². The van der Waals surface area contributed by atoms with Gasteiger partial charge in [-0.05, 0) is 57.0 Å². The summed E-state index contributed by atoms with van der Waals surface area (Å²) in [6.07, 6.45) is 4.85. The first-order valence-electron chi connectivity index (χ1n) is 6.29. The van der Waals surface area contributed by atoms with Crippen LogP contribution < -0.4 is 5.73 Å². The Balaban J connectivity index is 1.78. The van der Waals surface area contributed by atoms with Crippen LogP contribution in [0.15, 0.2) is 28.7 Å². The first kappa shape index (κ1) is 13.1. The van der Waals surface area contributed by atoms with E-state index >= 15 is 0 Å². The zero-order chi connectivity index (χ0) is 12.3. The molecule has 1 aliphatic carbocycles. The summed E-state index contributed by atoms with van der Waals surface area (Å²) < 4.78 is 1.15. The van der Waals surface area contributed by atoms with Crippen molar-refractivity contribution in [3.63, 3.8) is 0 Å². The molecule has 3 heteroatoms. The van der Waals surface area contributed by atoms with Gasteiger partial charge in [-0.2, -0.15) is 0 Å². The third kappa shape index (κ3) is 3.80. The number of rotatable bonds is 5. The van der Waals surface area contributed by atoms with Gasteiger partial charge < -0.3 is 10.6 Å². The minimum absolute atomic E-state index is 0.144. The van der Waals surface area contributed by atoms with Gasteiger partial charge in [0, 0.05) is 16.6 Å². The number of hydrogen-bond acceptors (Lipinski definition) is 2. The SMILES string of the molecule is CN(CCC1(N)CCC1)Cc1cccc(Br)c1. The molecule has 0 radical (unpaired) electrons. The Kier molecular flexibility index (Phi) is 4.23. The molecule has 2 nitrogen and oxygen atoms in total. The van der Waals surface area contributed by atoms with Gasteiger partial charge in [0.25, 0.3) is 0 Å². The summed E-state index contributed by atoms with van der Waals surface area (Å²) in [5, 5.41) is 0. The predicted molar refractivity (Wildman–Crippen MR) is 75.9 cm³/mol. The molecule has 1 fully saturated rings. The monoisotopic (exact) mass is 296 g/mol. The zero-order valence-electron chi connectivity index (χ0n) is 10.5. The largest absolute Gasteiger partial charge is 0.325 e. The van der Waals surface area contributed by atoms with Crippen LogP contribution >= 0.6 is 15.9 Å². The summed E-state index contributed by atoms with van der Waals surface area (Å²) in [7, 11) is 2.17. The highest BCUT2D eigenvalue weighted by Gasteiger charge is 2.31. The van der Waals surface area contributed by atoms with E-state index in [0.717, 1.165) is 24.0 Å². The fraction of sp³-hybridized carbons (Fsp3) is 0.571. The molecule has 1 aliphatic rings. The average Bonchev–Trinajstić information content (AvgIpc) is 2.24. The fourth-order valence-corrected chi connectivity index (χ4v) is 2.77. The van der Waals surface area contributed by atoms with E-state index in [1.54, 1.807) is 0 Å². The molecule has 0 saturated heterocycles. The molecule has 1 aromatic carbocycles. The first-order valence-corrected chi connectivity index (χ1v) is 7.09. The highest BCUT2D eigenvalue weighted by atomic mass is 79.9. The molecule has 94 valence electrons. The van der Waals surface area contributed by atoms with Crippen molar-refractivity contribution in [2.75, 3.05) is 13.6 Å². The van der Waals surface area contributed by atoms with Crippen molar-refractivity contribution in [3.05, 3.63) is 34.3 Å². The molecule has 0 unspecified atom stereocenters. The summed E-state index contributed by atoms with van der Waals surface area (Å²) in [6.45, 7) is 2.08. The van der Waals surface area contributed by atoms with E-state index in [4.69, 9.17) is 5.73 Å². The molecule has 1 aromatic rings. The molecule has 17 heavy (non-hydrogen) atoms. The summed E-state index contributed by atoms with van der Waals surface area (Å²) in [4.78, 5) is 2.36. The Labute approximate surface area is 112 Å². The van der Waals surface area contributed by atoms with Crippen LogP contribution in [0, 0.1) is 0 Å². The van der Waals surface area contributed by atoms with Crippen molar-refractivity contribution in [2.24, 2.45) is 5.73 Å². The van der Waals surface area contributed by atoms with Gasteiger partial charge in [0.1, 0.15) is 0 Å². The fourth-order valence-electron chi connectivity index (χ4n) is 2.32. The van der Waals surface area contributed by atoms with Gasteiger partial charge in [0.2, 0.25) is 0 Å². The molecule has 0 spiro atoms. The molecular weight excluding hydrogens is 276 g/mol. The molecule has 0 atom stereocenters. The molecule has 0 bridgehead atoms. The maximum atomic E-state index is 6.23. The number of nitrogens with zero attached hydrogens (tertiary/aromatic N) is 1. The molecule has 0 amide bonds. The minimum Gasteiger partial charge on any atom is -0.325 e. The van der Waals surface area contributed by atoms with E-state index in [-0.39, 0.29) is 5.54 Å². The molecule has 0 heterocycles. The van der Waals surface area contributed by atoms with E-state index in [9.17, 15) is 0 Å². The van der Waals surface area contributed by atoms with E-state index < -0.39 is 0 Å². The third-order valence-corrected chi connectivity index (χ3v) is 4.18. The molecular formula is C14H21BrN2. The van der Waals surface area contributed by atoms with Crippen LogP contribution in [0.1, 0.15) is 31.2 Å². The summed E-state index contributed by atoms with van der Waals surface area (Å²) in [6, 6.07) is 8.50. The van der Waals surface area contributed by atoms with Gasteiger partial charge >= 0.3 is 0 Å². The molecule has 0 aromatic heterocycles. The van der Waals surface area contributed by atoms with E-state index in [1.165, 1.54) is 24.8 Å². The molecule has 2 rings (SSSR count). The van der Waals surface area contributed by atoms with Gasteiger partial charge in [-0.25, -0.2) is 0 Å². The Morgan fingerprint density at radius 2 is 2.18 bits per heavy atom. The summed E-state index contributed by atoms with van der Waals surface area (Å²) in [5.74, 6) is 0. The smallest absolute Gasteiger partial charge is 0.0231 e. The van der Waals surface area contributed by atoms with Crippen LogP contribution in [0.4, 0.5) is 0 Å². The maximum Gasteiger partial charge on any atom is 0.0231 e. The van der Waals surface area contributed by atoms with E-state index in [2.05, 4.69) is 52.1 Å². The van der Waals surface area contributed by atoms with Crippen LogP contribution in [0.25, 0.3) is 0 Å². The molecule has 0 aliphatic heterocycles. The van der Waals surface area contributed by atoms with Gasteiger partial charge in [-0.1, -0.05) is 28.1 Å². The van der Waals surface area contributed by atoms with Crippen LogP contribution in [0.3, 0.4) is 0 Å². The summed E-state index contributed by atoms with van der Waals surface area (Å²) >= 11 is 3.50. The van der Waals surface area contributed by atoms with Crippen LogP contribution in [-0.4, -0.2) is 24.0 Å². The molecule has 2 N–H and O–H groups in total. The maximum absolute atomic E-state index is 6.23. The van der Waals surface area contributed by atoms with Gasteiger partial charge in [0.15, 0.2) is 0 Å². The van der Waals surface area contributed by atoms with Crippen LogP contribution in [-0.2, 0) is 6.54 Å². The van der Waals surface area contributed by atoms with Crippen molar-refractivity contribution < 1.29 is 0 Å². The van der Waals surface area contributed by atoms with Crippen LogP contribution in [0.2, 0.25) is 0 Å². The van der Waals surface area contributed by atoms with E-state index in [0.29, 0.717) is 0 Å². The summed E-state index contributed by atoms with van der Waals surface area (Å²) in [5.41, 5.74) is 7.73. The van der Waals surface area contributed by atoms with Crippen molar-refractivity contribution in [3.8, 4) is 0 Å². The standard InChI is InChI=1S/C14H21BrN2/c1-17(9-8-14(16)6-3-7-14)11-12-4-2-5-13(15)10-12/h2,4-5,10H,3,6-9,11,16H2,1H3. The number of nitrogens with two attached hydrogens (primary N) is 1. The second-order valence-electron chi connectivity index (χ2n) is 5.33. The second kappa shape index (κ2) is 5.51. The lowest BCUT2D eigenvalue weighted by molar-refractivity contribution is 0.193. The van der Waals surface area contributed by atoms with Gasteiger partial charge in [-0.15, -0.1) is 0 Å². The molecule has 1 saturated carbocycles. The Morgan fingerprint density at radius 1 is 1.41 bits per heavy atom. The van der Waals surface area contributed by atoms with Crippen molar-refractivity contribution >= 4 is 15.9 Å². The van der Waals surface area contributed by atoms with Crippen molar-refractivity contribution in [1.29, 1.82) is 0 Å². The predicted octanol–water partition coefficient (Wildman–Crippen LogP) is 3.15. The Hall–Kier alpha value is -0.380. The lowest BCUT2D eigenvalue weighted by Crippen LogP contribution is -2.48. The van der Waals surface area contributed by atoms with Crippen molar-refractivity contribution in [2.45, 2.75) is 37.8 Å². The number of hydrogen-bond donors (Lipinski definition) is 1. The topological polar surface area (TPSA) is 29.3 Å². The third-order valence-electron chi connectivity index (χ3n) is 3.68. The highest BCUT2D eigenvalue weighted by molar-refractivity contribution is 9.10. The van der Waals surface area contributed by atoms with E-state index in [1.807, 2.05) is 0 Å². The second-order valence-corrected chi connectivity index (χ2v) is 6.25. The minimum atomic E-state index is 0.144. The zero-order valence-corrected chi connectivity index (χ0v) is 12.0. The quantitative estimate of drug-likeness (QED) is 0.904. The van der Waals surface area contributed by atoms with Crippen LogP contribution in [0.5, 0.6) is 0 Å². The van der Waals surface area contributed by atoms with Crippen molar-refractivity contribution in [1.82, 2.24) is 4.90 Å². The lowest BCUT2D eigenvalue weighted by atomic mass is 9.75. The normalized spacial score (nSPS) is 18.1. The highest BCUT2D eigenvalue weighted by Crippen LogP contribution is 2.32. The first-order chi connectivity index (χ1) is 8.07. The Morgan fingerprint density at radius 3 is 2.76 bits per heavy atom. The lowest BCUT2D eigenvalue weighted by Gasteiger charge is -2.39. The van der Waals surface area contributed by atoms with Gasteiger partial charge in [-0.3, -0.25) is 0 Å².